The highest BCUT2D eigenvalue weighted by Crippen LogP contribution is 2.23. The molecule has 0 unspecified atom stereocenters. The molecule has 1 heterocycles. The van der Waals surface area contributed by atoms with Gasteiger partial charge in [0.05, 0.1) is 24.8 Å². The van der Waals surface area contributed by atoms with Gasteiger partial charge >= 0.3 is 11.9 Å². The zero-order valence-corrected chi connectivity index (χ0v) is 21.9. The molecule has 0 radical (unpaired) electrons. The maximum absolute atomic E-state index is 12.4. The van der Waals surface area contributed by atoms with Crippen LogP contribution < -0.4 is 15.4 Å². The van der Waals surface area contributed by atoms with Gasteiger partial charge in [-0.2, -0.15) is 0 Å². The van der Waals surface area contributed by atoms with Crippen molar-refractivity contribution in [3.63, 3.8) is 0 Å². The number of aromatic carboxylic acids is 1. The zero-order chi connectivity index (χ0) is 27.6. The fourth-order valence-electron chi connectivity index (χ4n) is 4.47. The van der Waals surface area contributed by atoms with Crippen LogP contribution in [0.15, 0.2) is 72.8 Å². The molecular weight excluding hydrogens is 498 g/mol. The van der Waals surface area contributed by atoms with E-state index in [1.165, 1.54) is 24.8 Å². The minimum absolute atomic E-state index is 0.110. The summed E-state index contributed by atoms with van der Waals surface area (Å²) in [5, 5.41) is 15.1. The molecule has 3 aromatic carbocycles. The van der Waals surface area contributed by atoms with E-state index in [0.29, 0.717) is 28.7 Å². The number of carboxylic acid groups (broad SMARTS) is 1. The van der Waals surface area contributed by atoms with Crippen molar-refractivity contribution in [1.29, 1.82) is 0 Å². The third-order valence-electron chi connectivity index (χ3n) is 6.68. The Morgan fingerprint density at radius 2 is 1.46 bits per heavy atom. The van der Waals surface area contributed by atoms with E-state index in [2.05, 4.69) is 15.5 Å². The van der Waals surface area contributed by atoms with Gasteiger partial charge < -0.3 is 25.2 Å². The van der Waals surface area contributed by atoms with Crippen molar-refractivity contribution < 1.29 is 29.0 Å². The third-order valence-corrected chi connectivity index (χ3v) is 6.68. The molecule has 9 nitrogen and oxygen atoms in total. The number of rotatable bonds is 11. The van der Waals surface area contributed by atoms with E-state index in [4.69, 9.17) is 14.6 Å². The molecule has 39 heavy (non-hydrogen) atoms. The average Bonchev–Trinajstić information content (AvgIpc) is 2.95. The van der Waals surface area contributed by atoms with E-state index in [1.807, 2.05) is 12.1 Å². The number of carboxylic acids is 1. The minimum Gasteiger partial charge on any atom is -0.478 e. The maximum atomic E-state index is 12.4. The van der Waals surface area contributed by atoms with Gasteiger partial charge in [-0.05, 0) is 105 Å². The Labute approximate surface area is 227 Å². The van der Waals surface area contributed by atoms with E-state index < -0.39 is 5.97 Å². The van der Waals surface area contributed by atoms with Crippen LogP contribution in [0.1, 0.15) is 39.1 Å². The third kappa shape index (κ3) is 8.39. The van der Waals surface area contributed by atoms with Crippen molar-refractivity contribution in [3.8, 4) is 11.5 Å². The highest BCUT2D eigenvalue weighted by Gasteiger charge is 2.19. The molecular formula is C30H33N3O6. The van der Waals surface area contributed by atoms with Crippen molar-refractivity contribution in [1.82, 2.24) is 10.2 Å². The van der Waals surface area contributed by atoms with Crippen molar-refractivity contribution in [2.45, 2.75) is 19.4 Å². The number of amides is 1. The molecule has 0 aromatic heterocycles. The lowest BCUT2D eigenvalue weighted by Crippen LogP contribution is -2.38. The summed E-state index contributed by atoms with van der Waals surface area (Å²) >= 11 is 0. The smallest absolute Gasteiger partial charge is 0.337 e. The molecule has 3 aromatic rings. The summed E-state index contributed by atoms with van der Waals surface area (Å²) in [7, 11) is 1.38. The second-order valence-electron chi connectivity index (χ2n) is 9.54. The first-order chi connectivity index (χ1) is 18.9. The van der Waals surface area contributed by atoms with Crippen LogP contribution in [0.3, 0.4) is 0 Å². The van der Waals surface area contributed by atoms with Crippen LogP contribution in [-0.2, 0) is 16.1 Å². The first-order valence-electron chi connectivity index (χ1n) is 12.9. The maximum Gasteiger partial charge on any atom is 0.337 e. The largest absolute Gasteiger partial charge is 0.478 e. The number of nitrogens with zero attached hydrogens (tertiary/aromatic N) is 1. The van der Waals surface area contributed by atoms with E-state index in [1.54, 1.807) is 48.5 Å². The van der Waals surface area contributed by atoms with Gasteiger partial charge in [-0.15, -0.1) is 0 Å². The van der Waals surface area contributed by atoms with Crippen molar-refractivity contribution in [3.05, 3.63) is 89.5 Å². The Kier molecular flexibility index (Phi) is 9.66. The molecule has 0 spiro atoms. The minimum atomic E-state index is -0.987. The Morgan fingerprint density at radius 3 is 2.05 bits per heavy atom. The first kappa shape index (κ1) is 27.8. The second-order valence-corrected chi connectivity index (χ2v) is 9.54. The molecule has 0 atom stereocenters. The van der Waals surface area contributed by atoms with Gasteiger partial charge in [0, 0.05) is 12.2 Å². The number of anilines is 1. The van der Waals surface area contributed by atoms with Gasteiger partial charge in [-0.3, -0.25) is 9.69 Å². The molecule has 0 aliphatic carbocycles. The number of carbonyl (C=O) groups excluding carboxylic acids is 2. The Hall–Kier alpha value is -4.21. The monoisotopic (exact) mass is 531 g/mol. The number of piperidine rings is 1. The molecule has 1 fully saturated rings. The Morgan fingerprint density at radius 1 is 0.872 bits per heavy atom. The van der Waals surface area contributed by atoms with Gasteiger partial charge in [0.25, 0.3) is 0 Å². The molecule has 9 heteroatoms. The molecule has 3 N–H and O–H groups in total. The summed E-state index contributed by atoms with van der Waals surface area (Å²) in [6, 6.07) is 20.7. The number of hydrogen-bond acceptors (Lipinski definition) is 7. The molecule has 0 bridgehead atoms. The van der Waals surface area contributed by atoms with Crippen LogP contribution >= 0.6 is 0 Å². The number of carbonyl (C=O) groups is 3. The molecule has 204 valence electrons. The number of hydrogen-bond donors (Lipinski definition) is 3. The summed E-state index contributed by atoms with van der Waals surface area (Å²) < 4.78 is 10.5. The van der Waals surface area contributed by atoms with E-state index in [-0.39, 0.29) is 24.0 Å². The number of esters is 1. The van der Waals surface area contributed by atoms with Gasteiger partial charge in [-0.25, -0.2) is 9.59 Å². The lowest BCUT2D eigenvalue weighted by atomic mass is 9.96. The second kappa shape index (κ2) is 13.5. The van der Waals surface area contributed by atoms with E-state index >= 15 is 0 Å². The molecule has 0 saturated carbocycles. The van der Waals surface area contributed by atoms with Crippen molar-refractivity contribution in [2.75, 3.05) is 38.6 Å². The summed E-state index contributed by atoms with van der Waals surface area (Å²) in [4.78, 5) is 37.3. The average molecular weight is 532 g/mol. The topological polar surface area (TPSA) is 117 Å². The lowest BCUT2D eigenvalue weighted by molar-refractivity contribution is -0.115. The van der Waals surface area contributed by atoms with Crippen LogP contribution in [0.4, 0.5) is 5.69 Å². The quantitative estimate of drug-likeness (QED) is 0.312. The van der Waals surface area contributed by atoms with Gasteiger partial charge in [0.15, 0.2) is 0 Å². The summed E-state index contributed by atoms with van der Waals surface area (Å²) in [6.07, 6.45) is 2.13. The summed E-state index contributed by atoms with van der Waals surface area (Å²) in [5.41, 5.74) is 2.59. The fourth-order valence-corrected chi connectivity index (χ4v) is 4.47. The van der Waals surface area contributed by atoms with Gasteiger partial charge in [0.2, 0.25) is 5.91 Å². The Bertz CT molecular complexity index is 1250. The van der Waals surface area contributed by atoms with E-state index in [0.717, 1.165) is 39.0 Å². The van der Waals surface area contributed by atoms with Gasteiger partial charge in [-0.1, -0.05) is 12.1 Å². The predicted molar refractivity (Wildman–Crippen MR) is 147 cm³/mol. The summed E-state index contributed by atoms with van der Waals surface area (Å²) in [5.74, 6) is 0.214. The SMILES string of the molecule is COC(=O)c1ccc(CN2CCC(CNCC(=O)Nc3ccc(Oc4ccc(C(=O)O)cc4)cc3)CC2)cc1. The van der Waals surface area contributed by atoms with Crippen LogP contribution in [0.2, 0.25) is 0 Å². The predicted octanol–water partition coefficient (Wildman–Crippen LogP) is 4.40. The summed E-state index contributed by atoms with van der Waals surface area (Å²) in [6.45, 7) is 3.87. The standard InChI is InChI=1S/C30H33N3O6/c1-38-30(37)24-4-2-22(3-5-24)20-33-16-14-21(15-17-33)18-31-19-28(34)32-25-8-12-27(13-9-25)39-26-10-6-23(7-11-26)29(35)36/h2-13,21,31H,14-20H2,1H3,(H,32,34)(H,35,36). The van der Waals surface area contributed by atoms with Crippen LogP contribution in [0.5, 0.6) is 11.5 Å². The normalized spacial score (nSPS) is 14.0. The number of nitrogens with one attached hydrogen (secondary N) is 2. The number of benzene rings is 3. The van der Waals surface area contributed by atoms with Crippen LogP contribution in [0, 0.1) is 5.92 Å². The van der Waals surface area contributed by atoms with Gasteiger partial charge in [0.1, 0.15) is 11.5 Å². The van der Waals surface area contributed by atoms with E-state index in [9.17, 15) is 14.4 Å². The lowest BCUT2D eigenvalue weighted by Gasteiger charge is -2.32. The molecule has 1 aliphatic heterocycles. The van der Waals surface area contributed by atoms with Crippen LogP contribution in [-0.4, -0.2) is 61.1 Å². The number of likely N-dealkylation sites (tertiary alicyclic amines) is 1. The number of methoxy groups -OCH3 is 1. The molecule has 1 amide bonds. The number of ether oxygens (including phenoxy) is 2. The van der Waals surface area contributed by atoms with Crippen LogP contribution in [0.25, 0.3) is 0 Å². The Balaban J connectivity index is 1.12. The van der Waals surface area contributed by atoms with Crippen molar-refractivity contribution in [2.24, 2.45) is 5.92 Å². The first-order valence-corrected chi connectivity index (χ1v) is 12.9. The molecule has 1 aliphatic rings. The zero-order valence-electron chi connectivity index (χ0n) is 21.9. The fraction of sp³-hybridized carbons (Fsp3) is 0.300. The molecule has 1 saturated heterocycles. The molecule has 4 rings (SSSR count). The highest BCUT2D eigenvalue weighted by molar-refractivity contribution is 5.92. The van der Waals surface area contributed by atoms with Crippen molar-refractivity contribution >= 4 is 23.5 Å². The highest BCUT2D eigenvalue weighted by atomic mass is 16.5.